The minimum absolute atomic E-state index is 0.0323. The summed E-state index contributed by atoms with van der Waals surface area (Å²) in [5.74, 6) is 0.918. The van der Waals surface area contributed by atoms with Gasteiger partial charge in [-0.2, -0.15) is 0 Å². The van der Waals surface area contributed by atoms with E-state index in [9.17, 15) is 4.79 Å². The van der Waals surface area contributed by atoms with E-state index >= 15 is 0 Å². The number of carbonyl (C=O) groups is 1. The summed E-state index contributed by atoms with van der Waals surface area (Å²) < 4.78 is 0. The maximum Gasteiger partial charge on any atom is 0.221 e. The number of hydrogen-bond donors (Lipinski definition) is 2. The van der Waals surface area contributed by atoms with Crippen LogP contribution in [0, 0.1) is 5.92 Å². The van der Waals surface area contributed by atoms with Crippen LogP contribution in [0.15, 0.2) is 24.3 Å². The molecule has 0 aromatic heterocycles. The predicted octanol–water partition coefficient (Wildman–Crippen LogP) is 2.86. The highest BCUT2D eigenvalue weighted by molar-refractivity contribution is 5.89. The van der Waals surface area contributed by atoms with Crippen LogP contribution in [0.25, 0.3) is 0 Å². The van der Waals surface area contributed by atoms with Gasteiger partial charge < -0.3 is 10.6 Å². The molecule has 1 aromatic rings. The van der Waals surface area contributed by atoms with Crippen LogP contribution in [-0.4, -0.2) is 12.5 Å². The smallest absolute Gasteiger partial charge is 0.221 e. The molecular formula is C13H18N2O. The van der Waals surface area contributed by atoms with Crippen LogP contribution >= 0.6 is 0 Å². The van der Waals surface area contributed by atoms with Crippen molar-refractivity contribution < 1.29 is 4.79 Å². The summed E-state index contributed by atoms with van der Waals surface area (Å²) >= 11 is 0. The number of hydrogen-bond acceptors (Lipinski definition) is 2. The molecule has 0 unspecified atom stereocenters. The maximum absolute atomic E-state index is 10.9. The van der Waals surface area contributed by atoms with E-state index in [-0.39, 0.29) is 5.91 Å². The summed E-state index contributed by atoms with van der Waals surface area (Å²) in [6.45, 7) is 2.54. The van der Waals surface area contributed by atoms with Crippen molar-refractivity contribution in [2.75, 3.05) is 17.2 Å². The Morgan fingerprint density at radius 2 is 2.12 bits per heavy atom. The Labute approximate surface area is 96.2 Å². The van der Waals surface area contributed by atoms with Crippen molar-refractivity contribution in [3.8, 4) is 0 Å². The lowest BCUT2D eigenvalue weighted by Crippen LogP contribution is -2.07. The highest BCUT2D eigenvalue weighted by atomic mass is 16.1. The molecule has 0 saturated heterocycles. The molecule has 1 amide bonds. The van der Waals surface area contributed by atoms with E-state index in [1.807, 2.05) is 24.3 Å². The van der Waals surface area contributed by atoms with Gasteiger partial charge in [-0.05, 0) is 30.5 Å². The van der Waals surface area contributed by atoms with E-state index in [2.05, 4.69) is 10.6 Å². The van der Waals surface area contributed by atoms with Crippen LogP contribution in [0.4, 0.5) is 11.4 Å². The average molecular weight is 218 g/mol. The van der Waals surface area contributed by atoms with Crippen molar-refractivity contribution in [3.05, 3.63) is 24.3 Å². The number of benzene rings is 1. The summed E-state index contributed by atoms with van der Waals surface area (Å²) in [6.07, 6.45) is 4.05. The normalized spacial score (nSPS) is 14.6. The molecule has 2 rings (SSSR count). The molecule has 86 valence electrons. The second kappa shape index (κ2) is 5.01. The second-order valence-corrected chi connectivity index (χ2v) is 4.42. The summed E-state index contributed by atoms with van der Waals surface area (Å²) in [4.78, 5) is 10.9. The first-order chi connectivity index (χ1) is 7.74. The number of carbonyl (C=O) groups excluding carboxylic acids is 1. The third-order valence-corrected chi connectivity index (χ3v) is 2.76. The van der Waals surface area contributed by atoms with Crippen LogP contribution in [0.1, 0.15) is 26.2 Å². The standard InChI is InChI=1S/C13H18N2O/c1-10(16)15-13-4-2-3-12(9-13)14-8-7-11-5-6-11/h2-4,9,11,14H,5-8H2,1H3,(H,15,16). The number of anilines is 2. The molecule has 16 heavy (non-hydrogen) atoms. The fourth-order valence-corrected chi connectivity index (χ4v) is 1.74. The predicted molar refractivity (Wildman–Crippen MR) is 66.6 cm³/mol. The summed E-state index contributed by atoms with van der Waals surface area (Å²) in [5, 5.41) is 6.16. The van der Waals surface area contributed by atoms with Gasteiger partial charge in [0, 0.05) is 24.8 Å². The van der Waals surface area contributed by atoms with E-state index in [1.165, 1.54) is 26.2 Å². The zero-order valence-electron chi connectivity index (χ0n) is 9.62. The lowest BCUT2D eigenvalue weighted by atomic mass is 10.2. The van der Waals surface area contributed by atoms with Gasteiger partial charge in [0.1, 0.15) is 0 Å². The Hall–Kier alpha value is -1.51. The minimum atomic E-state index is -0.0323. The average Bonchev–Trinajstić information content (AvgIpc) is 3.01. The topological polar surface area (TPSA) is 41.1 Å². The van der Waals surface area contributed by atoms with E-state index in [1.54, 1.807) is 0 Å². The van der Waals surface area contributed by atoms with Crippen molar-refractivity contribution >= 4 is 17.3 Å². The van der Waals surface area contributed by atoms with Crippen molar-refractivity contribution in [3.63, 3.8) is 0 Å². The first-order valence-electron chi connectivity index (χ1n) is 5.85. The highest BCUT2D eigenvalue weighted by Crippen LogP contribution is 2.32. The largest absolute Gasteiger partial charge is 0.385 e. The van der Waals surface area contributed by atoms with E-state index in [0.29, 0.717) is 0 Å². The Kier molecular flexibility index (Phi) is 3.44. The van der Waals surface area contributed by atoms with Gasteiger partial charge in [-0.1, -0.05) is 18.9 Å². The maximum atomic E-state index is 10.9. The molecule has 0 bridgehead atoms. The minimum Gasteiger partial charge on any atom is -0.385 e. The zero-order chi connectivity index (χ0) is 11.4. The molecule has 0 aliphatic heterocycles. The van der Waals surface area contributed by atoms with Gasteiger partial charge in [0.05, 0.1) is 0 Å². The Balaban J connectivity index is 1.84. The van der Waals surface area contributed by atoms with Gasteiger partial charge in [0.25, 0.3) is 0 Å². The monoisotopic (exact) mass is 218 g/mol. The molecule has 1 aliphatic carbocycles. The quantitative estimate of drug-likeness (QED) is 0.798. The third kappa shape index (κ3) is 3.57. The van der Waals surface area contributed by atoms with Crippen molar-refractivity contribution in [2.45, 2.75) is 26.2 Å². The molecule has 1 saturated carbocycles. The van der Waals surface area contributed by atoms with Gasteiger partial charge in [0.15, 0.2) is 0 Å². The van der Waals surface area contributed by atoms with Crippen LogP contribution in [-0.2, 0) is 4.79 Å². The third-order valence-electron chi connectivity index (χ3n) is 2.76. The first kappa shape index (κ1) is 11.0. The SMILES string of the molecule is CC(=O)Nc1cccc(NCCC2CC2)c1. The lowest BCUT2D eigenvalue weighted by molar-refractivity contribution is -0.114. The fraction of sp³-hybridized carbons (Fsp3) is 0.462. The van der Waals surface area contributed by atoms with E-state index in [0.717, 1.165) is 23.8 Å². The van der Waals surface area contributed by atoms with Gasteiger partial charge in [-0.15, -0.1) is 0 Å². The molecular weight excluding hydrogens is 200 g/mol. The van der Waals surface area contributed by atoms with E-state index < -0.39 is 0 Å². The Morgan fingerprint density at radius 1 is 1.38 bits per heavy atom. The first-order valence-corrected chi connectivity index (χ1v) is 5.85. The number of nitrogens with one attached hydrogen (secondary N) is 2. The second-order valence-electron chi connectivity index (χ2n) is 4.42. The molecule has 0 spiro atoms. The van der Waals surface area contributed by atoms with Gasteiger partial charge >= 0.3 is 0 Å². The van der Waals surface area contributed by atoms with Gasteiger partial charge in [-0.25, -0.2) is 0 Å². The van der Waals surface area contributed by atoms with Crippen LogP contribution in [0.3, 0.4) is 0 Å². The molecule has 0 radical (unpaired) electrons. The molecule has 0 atom stereocenters. The van der Waals surface area contributed by atoms with Crippen LogP contribution < -0.4 is 10.6 Å². The van der Waals surface area contributed by atoms with E-state index in [4.69, 9.17) is 0 Å². The van der Waals surface area contributed by atoms with Crippen molar-refractivity contribution in [1.29, 1.82) is 0 Å². The summed E-state index contributed by atoms with van der Waals surface area (Å²) in [5.41, 5.74) is 1.93. The molecule has 1 aromatic carbocycles. The molecule has 3 heteroatoms. The Morgan fingerprint density at radius 3 is 2.81 bits per heavy atom. The lowest BCUT2D eigenvalue weighted by Gasteiger charge is -2.08. The highest BCUT2D eigenvalue weighted by Gasteiger charge is 2.19. The van der Waals surface area contributed by atoms with Crippen LogP contribution in [0.5, 0.6) is 0 Å². The fourth-order valence-electron chi connectivity index (χ4n) is 1.74. The molecule has 1 aliphatic rings. The van der Waals surface area contributed by atoms with Crippen molar-refractivity contribution in [2.24, 2.45) is 5.92 Å². The number of rotatable bonds is 5. The Bertz CT molecular complexity index is 372. The zero-order valence-corrected chi connectivity index (χ0v) is 9.62. The molecule has 0 heterocycles. The summed E-state index contributed by atoms with van der Waals surface area (Å²) in [6, 6.07) is 7.84. The van der Waals surface area contributed by atoms with Gasteiger partial charge in [0.2, 0.25) is 5.91 Å². The summed E-state index contributed by atoms with van der Waals surface area (Å²) in [7, 11) is 0. The van der Waals surface area contributed by atoms with Crippen molar-refractivity contribution in [1.82, 2.24) is 0 Å². The molecule has 1 fully saturated rings. The van der Waals surface area contributed by atoms with Crippen LogP contribution in [0.2, 0.25) is 0 Å². The number of amides is 1. The molecule has 2 N–H and O–H groups in total. The molecule has 3 nitrogen and oxygen atoms in total. The van der Waals surface area contributed by atoms with Gasteiger partial charge in [-0.3, -0.25) is 4.79 Å².